The summed E-state index contributed by atoms with van der Waals surface area (Å²) >= 11 is 3.31. The number of ether oxygens (including phenoxy) is 1. The first-order valence-electron chi connectivity index (χ1n) is 4.90. The third kappa shape index (κ3) is 4.03. The van der Waals surface area contributed by atoms with Crippen LogP contribution in [0.1, 0.15) is 24.7 Å². The lowest BCUT2D eigenvalue weighted by Gasteiger charge is -2.12. The molecule has 0 bridgehead atoms. The highest BCUT2D eigenvalue weighted by Crippen LogP contribution is 2.12. The second-order valence-corrected chi connectivity index (χ2v) is 4.74. The molecule has 0 radical (unpaired) electrons. The minimum absolute atomic E-state index is 0.144. The number of aromatic nitrogens is 2. The molecule has 16 heavy (non-hydrogen) atoms. The topological polar surface area (TPSA) is 51.4 Å². The largest absolute Gasteiger partial charge is 0.374 e. The van der Waals surface area contributed by atoms with Crippen molar-refractivity contribution in [3.8, 4) is 0 Å². The van der Waals surface area contributed by atoms with Gasteiger partial charge in [0.1, 0.15) is 6.10 Å². The van der Waals surface area contributed by atoms with Crippen molar-refractivity contribution in [3.63, 3.8) is 0 Å². The molecule has 1 atom stereocenters. The van der Waals surface area contributed by atoms with Crippen molar-refractivity contribution in [2.75, 3.05) is 20.7 Å². The molecule has 0 amide bonds. The lowest BCUT2D eigenvalue weighted by molar-refractivity contribution is 0.109. The Labute approximate surface area is 104 Å². The number of nitrogens with zero attached hydrogens (tertiary/aromatic N) is 3. The van der Waals surface area contributed by atoms with E-state index in [9.17, 15) is 0 Å². The summed E-state index contributed by atoms with van der Waals surface area (Å²) in [7, 11) is 3.57. The zero-order valence-electron chi connectivity index (χ0n) is 9.73. The van der Waals surface area contributed by atoms with E-state index in [1.165, 1.54) is 0 Å². The van der Waals surface area contributed by atoms with E-state index < -0.39 is 0 Å². The van der Waals surface area contributed by atoms with Crippen molar-refractivity contribution < 1.29 is 9.26 Å². The Hall–Kier alpha value is -0.720. The maximum atomic E-state index is 5.11. The Morgan fingerprint density at radius 2 is 2.38 bits per heavy atom. The van der Waals surface area contributed by atoms with Crippen molar-refractivity contribution in [2.24, 2.45) is 0 Å². The van der Waals surface area contributed by atoms with E-state index in [0.717, 1.165) is 11.0 Å². The van der Waals surface area contributed by atoms with Crippen LogP contribution in [0.2, 0.25) is 0 Å². The van der Waals surface area contributed by atoms with Gasteiger partial charge in [-0.3, -0.25) is 4.90 Å². The monoisotopic (exact) mass is 289 g/mol. The summed E-state index contributed by atoms with van der Waals surface area (Å²) in [5, 5.41) is 3.85. The molecule has 0 aliphatic heterocycles. The van der Waals surface area contributed by atoms with Crippen molar-refractivity contribution in [1.82, 2.24) is 15.0 Å². The highest BCUT2D eigenvalue weighted by atomic mass is 79.9. The Balaban J connectivity index is 2.54. The van der Waals surface area contributed by atoms with Crippen molar-refractivity contribution >= 4 is 15.9 Å². The second-order valence-electron chi connectivity index (χ2n) is 3.61. The molecule has 6 heteroatoms. The van der Waals surface area contributed by atoms with Crippen LogP contribution in [0.4, 0.5) is 0 Å². The fraction of sp³-hybridized carbons (Fsp3) is 0.600. The van der Waals surface area contributed by atoms with Crippen molar-refractivity contribution in [1.29, 1.82) is 0 Å². The SMILES string of the molecule is C=C(Br)CN(C)Cc1nc(C(C)OC)no1. The molecule has 0 saturated carbocycles. The van der Waals surface area contributed by atoms with Crippen LogP contribution in [0, 0.1) is 0 Å². The van der Waals surface area contributed by atoms with Gasteiger partial charge in [0.15, 0.2) is 5.82 Å². The van der Waals surface area contributed by atoms with Crippen LogP contribution >= 0.6 is 15.9 Å². The number of hydrogen-bond donors (Lipinski definition) is 0. The van der Waals surface area contributed by atoms with Gasteiger partial charge in [0.2, 0.25) is 5.89 Å². The van der Waals surface area contributed by atoms with Crippen LogP contribution in [-0.4, -0.2) is 35.7 Å². The first-order chi connectivity index (χ1) is 7.52. The Morgan fingerprint density at radius 1 is 1.69 bits per heavy atom. The van der Waals surface area contributed by atoms with Gasteiger partial charge in [-0.05, 0) is 14.0 Å². The lowest BCUT2D eigenvalue weighted by Crippen LogP contribution is -2.19. The quantitative estimate of drug-likeness (QED) is 0.803. The van der Waals surface area contributed by atoms with Crippen LogP contribution in [0.15, 0.2) is 15.6 Å². The Bertz CT molecular complexity index is 354. The maximum absolute atomic E-state index is 5.11. The molecule has 0 N–H and O–H groups in total. The number of rotatable bonds is 6. The molecule has 0 aliphatic carbocycles. The Morgan fingerprint density at radius 3 is 2.94 bits per heavy atom. The molecule has 0 aromatic carbocycles. The van der Waals surface area contributed by atoms with Gasteiger partial charge in [-0.2, -0.15) is 4.98 Å². The summed E-state index contributed by atoms with van der Waals surface area (Å²) in [5.41, 5.74) is 0. The normalized spacial score (nSPS) is 13.1. The summed E-state index contributed by atoms with van der Waals surface area (Å²) < 4.78 is 11.1. The van der Waals surface area contributed by atoms with Gasteiger partial charge in [-0.1, -0.05) is 27.7 Å². The molecule has 0 aliphatic rings. The zero-order chi connectivity index (χ0) is 12.1. The standard InChI is InChI=1S/C10H16BrN3O2/c1-7(11)5-14(3)6-9-12-10(13-16-9)8(2)15-4/h8H,1,5-6H2,2-4H3. The van der Waals surface area contributed by atoms with E-state index in [1.54, 1.807) is 7.11 Å². The van der Waals surface area contributed by atoms with Crippen molar-refractivity contribution in [3.05, 3.63) is 22.8 Å². The molecule has 1 heterocycles. The van der Waals surface area contributed by atoms with Gasteiger partial charge in [-0.25, -0.2) is 0 Å². The van der Waals surface area contributed by atoms with Gasteiger partial charge in [0.25, 0.3) is 0 Å². The molecule has 1 aromatic rings. The zero-order valence-corrected chi connectivity index (χ0v) is 11.3. The second kappa shape index (κ2) is 6.12. The van der Waals surface area contributed by atoms with E-state index in [2.05, 4.69) is 32.6 Å². The molecular weight excluding hydrogens is 274 g/mol. The Kier molecular flexibility index (Phi) is 5.11. The predicted molar refractivity (Wildman–Crippen MR) is 64.1 cm³/mol. The first kappa shape index (κ1) is 13.3. The molecule has 1 unspecified atom stereocenters. The van der Waals surface area contributed by atoms with Gasteiger partial charge in [-0.15, -0.1) is 0 Å². The van der Waals surface area contributed by atoms with E-state index in [1.807, 2.05) is 18.9 Å². The molecule has 0 saturated heterocycles. The van der Waals surface area contributed by atoms with Gasteiger partial charge in [0, 0.05) is 18.1 Å². The number of halogens is 1. The molecule has 1 aromatic heterocycles. The summed E-state index contributed by atoms with van der Waals surface area (Å²) in [5.74, 6) is 1.15. The fourth-order valence-electron chi connectivity index (χ4n) is 1.18. The average molecular weight is 290 g/mol. The van der Waals surface area contributed by atoms with E-state index in [4.69, 9.17) is 9.26 Å². The molecule has 5 nitrogen and oxygen atoms in total. The van der Waals surface area contributed by atoms with Gasteiger partial charge >= 0.3 is 0 Å². The van der Waals surface area contributed by atoms with Gasteiger partial charge in [0.05, 0.1) is 6.54 Å². The van der Waals surface area contributed by atoms with E-state index in [-0.39, 0.29) is 6.10 Å². The first-order valence-corrected chi connectivity index (χ1v) is 5.69. The molecule has 0 fully saturated rings. The predicted octanol–water partition coefficient (Wildman–Crippen LogP) is 2.12. The number of hydrogen-bond acceptors (Lipinski definition) is 5. The number of likely N-dealkylation sites (N-methyl/N-ethyl adjacent to an activating group) is 1. The van der Waals surface area contributed by atoms with E-state index in [0.29, 0.717) is 18.3 Å². The molecule has 0 spiro atoms. The van der Waals surface area contributed by atoms with Crippen LogP contribution in [0.25, 0.3) is 0 Å². The highest BCUT2D eigenvalue weighted by molar-refractivity contribution is 9.11. The fourth-order valence-corrected chi connectivity index (χ4v) is 1.61. The smallest absolute Gasteiger partial charge is 0.240 e. The molecule has 90 valence electrons. The third-order valence-electron chi connectivity index (χ3n) is 2.05. The van der Waals surface area contributed by atoms with Crippen molar-refractivity contribution in [2.45, 2.75) is 19.6 Å². The minimum atomic E-state index is -0.144. The minimum Gasteiger partial charge on any atom is -0.374 e. The van der Waals surface area contributed by atoms with Gasteiger partial charge < -0.3 is 9.26 Å². The average Bonchev–Trinajstić information content (AvgIpc) is 2.63. The van der Waals surface area contributed by atoms with E-state index >= 15 is 0 Å². The van der Waals surface area contributed by atoms with Crippen LogP contribution < -0.4 is 0 Å². The number of methoxy groups -OCH3 is 1. The third-order valence-corrected chi connectivity index (χ3v) is 2.30. The summed E-state index contributed by atoms with van der Waals surface area (Å²) in [6.45, 7) is 6.97. The molecular formula is C10H16BrN3O2. The lowest BCUT2D eigenvalue weighted by atomic mass is 10.4. The summed E-state index contributed by atoms with van der Waals surface area (Å²) in [6, 6.07) is 0. The summed E-state index contributed by atoms with van der Waals surface area (Å²) in [6.07, 6.45) is -0.144. The van der Waals surface area contributed by atoms with Crippen LogP contribution in [-0.2, 0) is 11.3 Å². The highest BCUT2D eigenvalue weighted by Gasteiger charge is 2.13. The molecule has 1 rings (SSSR count). The maximum Gasteiger partial charge on any atom is 0.240 e. The van der Waals surface area contributed by atoms with Crippen LogP contribution in [0.3, 0.4) is 0 Å². The summed E-state index contributed by atoms with van der Waals surface area (Å²) in [4.78, 5) is 6.26. The van der Waals surface area contributed by atoms with Crippen LogP contribution in [0.5, 0.6) is 0 Å².